The number of methoxy groups -OCH3 is 1. The Bertz CT molecular complexity index is 990. The van der Waals surface area contributed by atoms with Gasteiger partial charge in [0.15, 0.2) is 5.76 Å². The fourth-order valence-corrected chi connectivity index (χ4v) is 3.44. The zero-order valence-electron chi connectivity index (χ0n) is 16.7. The van der Waals surface area contributed by atoms with Crippen LogP contribution in [0.5, 0.6) is 5.75 Å². The molecular weight excluding hydrogens is 382 g/mol. The molecule has 7 nitrogen and oxygen atoms in total. The van der Waals surface area contributed by atoms with E-state index in [0.29, 0.717) is 24.3 Å². The molecule has 0 atom stereocenters. The Morgan fingerprint density at radius 1 is 0.933 bits per heavy atom. The number of nitrogens with zero attached hydrogens (tertiary/aromatic N) is 2. The summed E-state index contributed by atoms with van der Waals surface area (Å²) in [5.41, 5.74) is 2.33. The second kappa shape index (κ2) is 8.73. The van der Waals surface area contributed by atoms with E-state index in [9.17, 15) is 9.59 Å². The van der Waals surface area contributed by atoms with Crippen LogP contribution in [-0.2, 0) is 0 Å². The molecule has 1 aliphatic rings. The number of amides is 2. The second-order valence-electron chi connectivity index (χ2n) is 6.99. The van der Waals surface area contributed by atoms with E-state index in [0.717, 1.165) is 24.5 Å². The average Bonchev–Trinajstić information content (AvgIpc) is 3.35. The highest BCUT2D eigenvalue weighted by Crippen LogP contribution is 2.21. The molecule has 2 heterocycles. The highest BCUT2D eigenvalue weighted by atomic mass is 16.5. The van der Waals surface area contributed by atoms with Crippen LogP contribution in [0.1, 0.15) is 20.9 Å². The minimum atomic E-state index is -0.325. The zero-order valence-corrected chi connectivity index (χ0v) is 16.7. The predicted molar refractivity (Wildman–Crippen MR) is 114 cm³/mol. The molecule has 3 aromatic rings. The number of furan rings is 1. The third-order valence-corrected chi connectivity index (χ3v) is 5.14. The number of piperazine rings is 1. The van der Waals surface area contributed by atoms with Crippen molar-refractivity contribution in [2.24, 2.45) is 0 Å². The first-order valence-corrected chi connectivity index (χ1v) is 9.77. The number of benzene rings is 2. The Kier molecular flexibility index (Phi) is 5.70. The van der Waals surface area contributed by atoms with E-state index >= 15 is 0 Å². The molecule has 4 rings (SSSR count). The summed E-state index contributed by atoms with van der Waals surface area (Å²) >= 11 is 0. The van der Waals surface area contributed by atoms with Gasteiger partial charge in [-0.05, 0) is 60.7 Å². The van der Waals surface area contributed by atoms with Crippen molar-refractivity contribution in [3.8, 4) is 5.75 Å². The fourth-order valence-electron chi connectivity index (χ4n) is 3.44. The molecule has 154 valence electrons. The number of hydrogen-bond donors (Lipinski definition) is 1. The Morgan fingerprint density at radius 2 is 1.63 bits per heavy atom. The Balaban J connectivity index is 1.33. The highest BCUT2D eigenvalue weighted by Gasteiger charge is 2.22. The fraction of sp³-hybridized carbons (Fsp3) is 0.217. The number of ether oxygens (including phenoxy) is 1. The van der Waals surface area contributed by atoms with Crippen LogP contribution in [0.4, 0.5) is 11.4 Å². The van der Waals surface area contributed by atoms with Crippen molar-refractivity contribution in [2.45, 2.75) is 0 Å². The third kappa shape index (κ3) is 4.30. The van der Waals surface area contributed by atoms with Gasteiger partial charge in [0.25, 0.3) is 11.8 Å². The van der Waals surface area contributed by atoms with Crippen molar-refractivity contribution >= 4 is 23.2 Å². The Labute approximate surface area is 174 Å². The summed E-state index contributed by atoms with van der Waals surface area (Å²) in [7, 11) is 1.65. The molecule has 0 bridgehead atoms. The largest absolute Gasteiger partial charge is 0.497 e. The molecule has 30 heavy (non-hydrogen) atoms. The third-order valence-electron chi connectivity index (χ3n) is 5.14. The summed E-state index contributed by atoms with van der Waals surface area (Å²) in [6.07, 6.45) is 1.45. The van der Waals surface area contributed by atoms with Gasteiger partial charge in [0.2, 0.25) is 0 Å². The van der Waals surface area contributed by atoms with E-state index in [1.54, 1.807) is 43.5 Å². The molecule has 1 aliphatic heterocycles. The minimum absolute atomic E-state index is 0.00621. The summed E-state index contributed by atoms with van der Waals surface area (Å²) in [6.45, 7) is 2.86. The standard InChI is InChI=1S/C23H23N3O4/c1-29-20-10-8-19(9-11-20)25-12-14-26(15-13-25)23(28)17-4-6-18(7-5-17)24-22(27)21-3-2-16-30-21/h2-11,16H,12-15H2,1H3,(H,24,27). The Hall–Kier alpha value is -3.74. The number of nitrogens with one attached hydrogen (secondary N) is 1. The summed E-state index contributed by atoms with van der Waals surface area (Å²) in [4.78, 5) is 29.0. The van der Waals surface area contributed by atoms with Gasteiger partial charge in [0.1, 0.15) is 5.75 Å². The molecule has 0 radical (unpaired) electrons. The van der Waals surface area contributed by atoms with Gasteiger partial charge in [-0.2, -0.15) is 0 Å². The van der Waals surface area contributed by atoms with Gasteiger partial charge >= 0.3 is 0 Å². The lowest BCUT2D eigenvalue weighted by molar-refractivity contribution is 0.0746. The first-order chi connectivity index (χ1) is 14.6. The zero-order chi connectivity index (χ0) is 20.9. The smallest absolute Gasteiger partial charge is 0.291 e. The average molecular weight is 405 g/mol. The number of rotatable bonds is 5. The monoisotopic (exact) mass is 405 g/mol. The summed E-state index contributed by atoms with van der Waals surface area (Å²) in [5, 5.41) is 2.75. The molecule has 1 fully saturated rings. The molecule has 1 N–H and O–H groups in total. The lowest BCUT2D eigenvalue weighted by atomic mass is 10.1. The maximum Gasteiger partial charge on any atom is 0.291 e. The van der Waals surface area contributed by atoms with E-state index in [-0.39, 0.29) is 17.6 Å². The van der Waals surface area contributed by atoms with Crippen molar-refractivity contribution < 1.29 is 18.7 Å². The van der Waals surface area contributed by atoms with Crippen molar-refractivity contribution in [2.75, 3.05) is 43.5 Å². The van der Waals surface area contributed by atoms with Crippen LogP contribution in [0.15, 0.2) is 71.3 Å². The Morgan fingerprint density at radius 3 is 2.23 bits per heavy atom. The van der Waals surface area contributed by atoms with Gasteiger partial charge in [-0.1, -0.05) is 0 Å². The highest BCUT2D eigenvalue weighted by molar-refractivity contribution is 6.02. The van der Waals surface area contributed by atoms with E-state index < -0.39 is 0 Å². The molecule has 0 saturated carbocycles. The SMILES string of the molecule is COc1ccc(N2CCN(C(=O)c3ccc(NC(=O)c4ccco4)cc3)CC2)cc1. The topological polar surface area (TPSA) is 75.0 Å². The van der Waals surface area contributed by atoms with Crippen LogP contribution < -0.4 is 15.0 Å². The molecular formula is C23H23N3O4. The minimum Gasteiger partial charge on any atom is -0.497 e. The van der Waals surface area contributed by atoms with Crippen LogP contribution >= 0.6 is 0 Å². The predicted octanol–water partition coefficient (Wildman–Crippen LogP) is 3.50. The lowest BCUT2D eigenvalue weighted by Crippen LogP contribution is -2.48. The van der Waals surface area contributed by atoms with Crippen LogP contribution in [-0.4, -0.2) is 50.0 Å². The number of anilines is 2. The van der Waals surface area contributed by atoms with E-state index in [2.05, 4.69) is 10.2 Å². The molecule has 2 aromatic carbocycles. The van der Waals surface area contributed by atoms with E-state index in [1.807, 2.05) is 29.2 Å². The number of carbonyl (C=O) groups excluding carboxylic acids is 2. The van der Waals surface area contributed by atoms with Gasteiger partial charge in [-0.15, -0.1) is 0 Å². The van der Waals surface area contributed by atoms with Crippen molar-refractivity contribution in [1.82, 2.24) is 4.90 Å². The van der Waals surface area contributed by atoms with Gasteiger partial charge < -0.3 is 24.3 Å². The maximum atomic E-state index is 12.8. The normalized spacial score (nSPS) is 13.8. The van der Waals surface area contributed by atoms with Gasteiger partial charge in [0, 0.05) is 43.1 Å². The van der Waals surface area contributed by atoms with Gasteiger partial charge in [-0.3, -0.25) is 9.59 Å². The van der Waals surface area contributed by atoms with Crippen LogP contribution in [0.2, 0.25) is 0 Å². The molecule has 0 unspecified atom stereocenters. The molecule has 0 spiro atoms. The van der Waals surface area contributed by atoms with Crippen molar-refractivity contribution in [1.29, 1.82) is 0 Å². The van der Waals surface area contributed by atoms with Gasteiger partial charge in [0.05, 0.1) is 13.4 Å². The van der Waals surface area contributed by atoms with Gasteiger partial charge in [-0.25, -0.2) is 0 Å². The molecule has 1 aromatic heterocycles. The maximum absolute atomic E-state index is 12.8. The molecule has 1 saturated heterocycles. The summed E-state index contributed by atoms with van der Waals surface area (Å²) < 4.78 is 10.3. The summed E-state index contributed by atoms with van der Waals surface area (Å²) in [5.74, 6) is 0.739. The number of hydrogen-bond acceptors (Lipinski definition) is 5. The molecule has 0 aliphatic carbocycles. The van der Waals surface area contributed by atoms with Crippen molar-refractivity contribution in [3.63, 3.8) is 0 Å². The van der Waals surface area contributed by atoms with Crippen molar-refractivity contribution in [3.05, 3.63) is 78.3 Å². The molecule has 7 heteroatoms. The lowest BCUT2D eigenvalue weighted by Gasteiger charge is -2.36. The van der Waals surface area contributed by atoms with Crippen LogP contribution in [0, 0.1) is 0 Å². The van der Waals surface area contributed by atoms with E-state index in [4.69, 9.17) is 9.15 Å². The first-order valence-electron chi connectivity index (χ1n) is 9.77. The molecule has 2 amide bonds. The quantitative estimate of drug-likeness (QED) is 0.703. The second-order valence-corrected chi connectivity index (χ2v) is 6.99. The number of carbonyl (C=O) groups is 2. The van der Waals surface area contributed by atoms with E-state index in [1.165, 1.54) is 6.26 Å². The van der Waals surface area contributed by atoms with Crippen LogP contribution in [0.3, 0.4) is 0 Å². The summed E-state index contributed by atoms with van der Waals surface area (Å²) in [6, 6.07) is 18.1. The first kappa shape index (κ1) is 19.6. The van der Waals surface area contributed by atoms with Crippen LogP contribution in [0.25, 0.3) is 0 Å².